The fourth-order valence-electron chi connectivity index (χ4n) is 2.65. The van der Waals surface area contributed by atoms with Gasteiger partial charge >= 0.3 is 5.97 Å². The molecule has 23 heavy (non-hydrogen) atoms. The van der Waals surface area contributed by atoms with Crippen LogP contribution in [0.1, 0.15) is 36.2 Å². The Hall–Kier alpha value is -2.35. The summed E-state index contributed by atoms with van der Waals surface area (Å²) < 4.78 is 0. The highest BCUT2D eigenvalue weighted by atomic mass is 32.1. The molecule has 8 heteroatoms. The molecule has 0 radical (unpaired) electrons. The zero-order chi connectivity index (χ0) is 16.2. The third-order valence-corrected chi connectivity index (χ3v) is 4.80. The predicted octanol–water partition coefficient (Wildman–Crippen LogP) is 1.97. The van der Waals surface area contributed by atoms with E-state index in [2.05, 4.69) is 20.3 Å². The Morgan fingerprint density at radius 2 is 2.00 bits per heavy atom. The van der Waals surface area contributed by atoms with Crippen molar-refractivity contribution in [1.29, 1.82) is 0 Å². The quantitative estimate of drug-likeness (QED) is 0.887. The van der Waals surface area contributed by atoms with E-state index >= 15 is 0 Å². The number of rotatable bonds is 4. The van der Waals surface area contributed by atoms with E-state index in [9.17, 15) is 9.59 Å². The molecule has 3 rings (SSSR count). The SMILES string of the molecule is O=C(NC1CCC(C(=O)O)CC1)c1csc(-c2cnccn2)n1. The lowest BCUT2D eigenvalue weighted by atomic mass is 9.86. The summed E-state index contributed by atoms with van der Waals surface area (Å²) in [5, 5.41) is 14.3. The first-order valence-electron chi connectivity index (χ1n) is 7.39. The standard InChI is InChI=1S/C15H16N4O3S/c20-13(18-10-3-1-9(2-4-10)15(21)22)12-8-23-14(19-12)11-7-16-5-6-17-11/h5-10H,1-4H2,(H,18,20)(H,21,22). The van der Waals surface area contributed by atoms with E-state index in [0.29, 0.717) is 42.1 Å². The molecule has 1 amide bonds. The molecule has 1 aliphatic rings. The average molecular weight is 332 g/mol. The summed E-state index contributed by atoms with van der Waals surface area (Å²) in [5.41, 5.74) is 0.995. The lowest BCUT2D eigenvalue weighted by Crippen LogP contribution is -2.38. The monoisotopic (exact) mass is 332 g/mol. The fraction of sp³-hybridized carbons (Fsp3) is 0.400. The van der Waals surface area contributed by atoms with Gasteiger partial charge in [0.2, 0.25) is 0 Å². The zero-order valence-corrected chi connectivity index (χ0v) is 13.1. The van der Waals surface area contributed by atoms with E-state index in [0.717, 1.165) is 0 Å². The topological polar surface area (TPSA) is 105 Å². The van der Waals surface area contributed by atoms with Crippen molar-refractivity contribution < 1.29 is 14.7 Å². The van der Waals surface area contributed by atoms with Crippen LogP contribution in [0.25, 0.3) is 10.7 Å². The third-order valence-electron chi connectivity index (χ3n) is 3.93. The Labute approximate surface area is 136 Å². The molecule has 0 saturated heterocycles. The summed E-state index contributed by atoms with van der Waals surface area (Å²) in [6.45, 7) is 0. The van der Waals surface area contributed by atoms with Crippen LogP contribution in [0.2, 0.25) is 0 Å². The predicted molar refractivity (Wildman–Crippen MR) is 84.0 cm³/mol. The van der Waals surface area contributed by atoms with Crippen molar-refractivity contribution in [3.05, 3.63) is 29.7 Å². The van der Waals surface area contributed by atoms with Crippen LogP contribution >= 0.6 is 11.3 Å². The second-order valence-electron chi connectivity index (χ2n) is 5.49. The van der Waals surface area contributed by atoms with Crippen molar-refractivity contribution in [3.8, 4) is 10.7 Å². The minimum atomic E-state index is -0.747. The maximum atomic E-state index is 12.3. The number of carbonyl (C=O) groups excluding carboxylic acids is 1. The largest absolute Gasteiger partial charge is 0.481 e. The molecule has 0 spiro atoms. The average Bonchev–Trinajstić information content (AvgIpc) is 3.06. The van der Waals surface area contributed by atoms with E-state index in [1.54, 1.807) is 24.0 Å². The highest BCUT2D eigenvalue weighted by Crippen LogP contribution is 2.25. The molecule has 0 bridgehead atoms. The Balaban J connectivity index is 1.59. The Bertz CT molecular complexity index is 696. The van der Waals surface area contributed by atoms with Crippen LogP contribution in [0.15, 0.2) is 24.0 Å². The zero-order valence-electron chi connectivity index (χ0n) is 12.3. The van der Waals surface area contributed by atoms with E-state index in [4.69, 9.17) is 5.11 Å². The van der Waals surface area contributed by atoms with Gasteiger partial charge in [-0.15, -0.1) is 11.3 Å². The number of carboxylic acids is 1. The first-order valence-corrected chi connectivity index (χ1v) is 8.27. The fourth-order valence-corrected chi connectivity index (χ4v) is 3.41. The van der Waals surface area contributed by atoms with Crippen LogP contribution in [-0.4, -0.2) is 38.0 Å². The van der Waals surface area contributed by atoms with Gasteiger partial charge in [-0.25, -0.2) is 4.98 Å². The number of nitrogens with one attached hydrogen (secondary N) is 1. The second kappa shape index (κ2) is 6.82. The van der Waals surface area contributed by atoms with Gasteiger partial charge in [0.15, 0.2) is 0 Å². The van der Waals surface area contributed by atoms with Gasteiger partial charge in [0.25, 0.3) is 5.91 Å². The summed E-state index contributed by atoms with van der Waals surface area (Å²) >= 11 is 1.35. The van der Waals surface area contributed by atoms with Gasteiger partial charge in [0.05, 0.1) is 12.1 Å². The van der Waals surface area contributed by atoms with Crippen LogP contribution in [0, 0.1) is 5.92 Å². The number of aliphatic carboxylic acids is 1. The highest BCUT2D eigenvalue weighted by molar-refractivity contribution is 7.13. The molecule has 1 fully saturated rings. The number of aromatic nitrogens is 3. The molecule has 2 heterocycles. The summed E-state index contributed by atoms with van der Waals surface area (Å²) in [4.78, 5) is 35.6. The molecule has 2 aromatic rings. The summed E-state index contributed by atoms with van der Waals surface area (Å²) in [6, 6.07) is 0.0137. The smallest absolute Gasteiger partial charge is 0.306 e. The molecule has 0 atom stereocenters. The lowest BCUT2D eigenvalue weighted by molar-refractivity contribution is -0.142. The molecule has 7 nitrogen and oxygen atoms in total. The number of amides is 1. The van der Waals surface area contributed by atoms with Gasteiger partial charge in [0, 0.05) is 23.8 Å². The summed E-state index contributed by atoms with van der Waals surface area (Å²) in [6.07, 6.45) is 7.33. The Morgan fingerprint density at radius 3 is 2.65 bits per heavy atom. The van der Waals surface area contributed by atoms with Gasteiger partial charge in [-0.3, -0.25) is 19.6 Å². The van der Waals surface area contributed by atoms with Crippen molar-refractivity contribution >= 4 is 23.2 Å². The molecule has 1 aliphatic carbocycles. The van der Waals surface area contributed by atoms with Crippen molar-refractivity contribution in [1.82, 2.24) is 20.3 Å². The minimum absolute atomic E-state index is 0.0137. The van der Waals surface area contributed by atoms with Crippen molar-refractivity contribution in [2.45, 2.75) is 31.7 Å². The molecule has 0 aromatic carbocycles. The van der Waals surface area contributed by atoms with Gasteiger partial charge < -0.3 is 10.4 Å². The molecular formula is C15H16N4O3S. The van der Waals surface area contributed by atoms with Crippen LogP contribution < -0.4 is 5.32 Å². The van der Waals surface area contributed by atoms with Gasteiger partial charge in [-0.1, -0.05) is 0 Å². The number of hydrogen-bond acceptors (Lipinski definition) is 6. The second-order valence-corrected chi connectivity index (χ2v) is 6.35. The van der Waals surface area contributed by atoms with Crippen LogP contribution in [0.5, 0.6) is 0 Å². The number of nitrogens with zero attached hydrogens (tertiary/aromatic N) is 3. The minimum Gasteiger partial charge on any atom is -0.481 e. The third kappa shape index (κ3) is 3.70. The first kappa shape index (κ1) is 15.5. The number of thiazole rings is 1. The first-order chi connectivity index (χ1) is 11.1. The molecule has 1 saturated carbocycles. The molecule has 120 valence electrons. The van der Waals surface area contributed by atoms with Crippen LogP contribution in [-0.2, 0) is 4.79 Å². The van der Waals surface area contributed by atoms with Gasteiger partial charge in [0.1, 0.15) is 16.4 Å². The normalized spacial score (nSPS) is 20.9. The van der Waals surface area contributed by atoms with Crippen molar-refractivity contribution in [3.63, 3.8) is 0 Å². The number of carbonyl (C=O) groups is 2. The van der Waals surface area contributed by atoms with E-state index < -0.39 is 5.97 Å². The van der Waals surface area contributed by atoms with Crippen molar-refractivity contribution in [2.24, 2.45) is 5.92 Å². The van der Waals surface area contributed by atoms with E-state index in [-0.39, 0.29) is 17.9 Å². The van der Waals surface area contributed by atoms with Crippen LogP contribution in [0.3, 0.4) is 0 Å². The molecule has 0 aliphatic heterocycles. The highest BCUT2D eigenvalue weighted by Gasteiger charge is 2.27. The number of hydrogen-bond donors (Lipinski definition) is 2. The molecule has 0 unspecified atom stereocenters. The Morgan fingerprint density at radius 1 is 1.22 bits per heavy atom. The lowest BCUT2D eigenvalue weighted by Gasteiger charge is -2.26. The maximum Gasteiger partial charge on any atom is 0.306 e. The Kier molecular flexibility index (Phi) is 4.61. The molecule has 2 aromatic heterocycles. The van der Waals surface area contributed by atoms with Crippen LogP contribution in [0.4, 0.5) is 0 Å². The summed E-state index contributed by atoms with van der Waals surface area (Å²) in [5.74, 6) is -1.26. The maximum absolute atomic E-state index is 12.3. The van der Waals surface area contributed by atoms with E-state index in [1.807, 2.05) is 0 Å². The van der Waals surface area contributed by atoms with Gasteiger partial charge in [-0.05, 0) is 25.7 Å². The molecular weight excluding hydrogens is 316 g/mol. The summed E-state index contributed by atoms with van der Waals surface area (Å²) in [7, 11) is 0. The molecule has 2 N–H and O–H groups in total. The number of carboxylic acid groups (broad SMARTS) is 1. The van der Waals surface area contributed by atoms with Gasteiger partial charge in [-0.2, -0.15) is 0 Å². The van der Waals surface area contributed by atoms with Crippen molar-refractivity contribution in [2.75, 3.05) is 0 Å². The van der Waals surface area contributed by atoms with E-state index in [1.165, 1.54) is 11.3 Å².